The molecule has 1 aliphatic rings. The van der Waals surface area contributed by atoms with Gasteiger partial charge in [-0.05, 0) is 31.2 Å². The van der Waals surface area contributed by atoms with Crippen molar-refractivity contribution in [3.63, 3.8) is 0 Å². The van der Waals surface area contributed by atoms with Crippen molar-refractivity contribution < 1.29 is 9.53 Å². The SMILES string of the molecule is NC1CCCN(C(=O)CCCOCCc2ccccc2)C1. The van der Waals surface area contributed by atoms with Crippen LogP contribution in [0, 0.1) is 0 Å². The fourth-order valence-corrected chi connectivity index (χ4v) is 2.66. The molecule has 1 aliphatic heterocycles. The van der Waals surface area contributed by atoms with Gasteiger partial charge in [0, 0.05) is 32.2 Å². The molecule has 1 atom stereocenters. The number of carbonyl (C=O) groups is 1. The highest BCUT2D eigenvalue weighted by Gasteiger charge is 2.20. The van der Waals surface area contributed by atoms with Crippen LogP contribution in [0.3, 0.4) is 0 Å². The van der Waals surface area contributed by atoms with Crippen LogP contribution in [0.25, 0.3) is 0 Å². The maximum absolute atomic E-state index is 12.0. The van der Waals surface area contributed by atoms with Gasteiger partial charge in [0.05, 0.1) is 6.61 Å². The van der Waals surface area contributed by atoms with Crippen LogP contribution in [-0.4, -0.2) is 43.2 Å². The van der Waals surface area contributed by atoms with Crippen LogP contribution in [-0.2, 0) is 16.0 Å². The summed E-state index contributed by atoms with van der Waals surface area (Å²) < 4.78 is 5.60. The highest BCUT2D eigenvalue weighted by Crippen LogP contribution is 2.10. The number of ether oxygens (including phenoxy) is 1. The minimum absolute atomic E-state index is 0.157. The van der Waals surface area contributed by atoms with Crippen LogP contribution >= 0.6 is 0 Å². The molecule has 0 bridgehead atoms. The number of likely N-dealkylation sites (tertiary alicyclic amines) is 1. The highest BCUT2D eigenvalue weighted by atomic mass is 16.5. The van der Waals surface area contributed by atoms with E-state index in [1.54, 1.807) is 0 Å². The van der Waals surface area contributed by atoms with Gasteiger partial charge >= 0.3 is 0 Å². The Labute approximate surface area is 127 Å². The van der Waals surface area contributed by atoms with E-state index in [2.05, 4.69) is 12.1 Å². The van der Waals surface area contributed by atoms with E-state index in [1.807, 2.05) is 23.1 Å². The van der Waals surface area contributed by atoms with Gasteiger partial charge in [0.2, 0.25) is 5.91 Å². The number of benzene rings is 1. The lowest BCUT2D eigenvalue weighted by Crippen LogP contribution is -2.45. The number of amides is 1. The molecule has 2 N–H and O–H groups in total. The fraction of sp³-hybridized carbons (Fsp3) is 0.588. The predicted molar refractivity (Wildman–Crippen MR) is 84.0 cm³/mol. The molecule has 116 valence electrons. The smallest absolute Gasteiger partial charge is 0.222 e. The third-order valence-electron chi connectivity index (χ3n) is 3.87. The van der Waals surface area contributed by atoms with E-state index in [1.165, 1.54) is 5.56 Å². The monoisotopic (exact) mass is 290 g/mol. The van der Waals surface area contributed by atoms with E-state index in [4.69, 9.17) is 10.5 Å². The second kappa shape index (κ2) is 8.80. The minimum Gasteiger partial charge on any atom is -0.381 e. The molecule has 0 aromatic heterocycles. The number of nitrogens with zero attached hydrogens (tertiary/aromatic N) is 1. The van der Waals surface area contributed by atoms with Gasteiger partial charge in [0.25, 0.3) is 0 Å². The Morgan fingerprint density at radius 1 is 1.29 bits per heavy atom. The van der Waals surface area contributed by atoms with E-state index in [-0.39, 0.29) is 11.9 Å². The number of piperidine rings is 1. The second-order valence-electron chi connectivity index (χ2n) is 5.69. The third-order valence-corrected chi connectivity index (χ3v) is 3.87. The van der Waals surface area contributed by atoms with Crippen LogP contribution < -0.4 is 5.73 Å². The number of nitrogens with two attached hydrogens (primary N) is 1. The molecule has 1 unspecified atom stereocenters. The van der Waals surface area contributed by atoms with Gasteiger partial charge in [0.15, 0.2) is 0 Å². The van der Waals surface area contributed by atoms with Gasteiger partial charge in [-0.15, -0.1) is 0 Å². The standard InChI is InChI=1S/C17H26N2O2/c18-16-8-4-11-19(14-16)17(20)9-5-12-21-13-10-15-6-2-1-3-7-15/h1-3,6-7,16H,4-5,8-14,18H2. The summed E-state index contributed by atoms with van der Waals surface area (Å²) in [5.74, 6) is 0.219. The summed E-state index contributed by atoms with van der Waals surface area (Å²) in [4.78, 5) is 13.9. The topological polar surface area (TPSA) is 55.6 Å². The number of carbonyl (C=O) groups excluding carboxylic acids is 1. The Balaban J connectivity index is 1.52. The normalized spacial score (nSPS) is 18.7. The Hall–Kier alpha value is -1.39. The van der Waals surface area contributed by atoms with E-state index >= 15 is 0 Å². The molecule has 4 heteroatoms. The van der Waals surface area contributed by atoms with Crippen molar-refractivity contribution >= 4 is 5.91 Å². The third kappa shape index (κ3) is 5.86. The first-order chi connectivity index (χ1) is 10.3. The van der Waals surface area contributed by atoms with Crippen LogP contribution in [0.4, 0.5) is 0 Å². The summed E-state index contributed by atoms with van der Waals surface area (Å²) in [7, 11) is 0. The maximum atomic E-state index is 12.0. The lowest BCUT2D eigenvalue weighted by molar-refractivity contribution is -0.132. The van der Waals surface area contributed by atoms with Crippen molar-refractivity contribution in [1.29, 1.82) is 0 Å². The first-order valence-electron chi connectivity index (χ1n) is 7.91. The van der Waals surface area contributed by atoms with Crippen molar-refractivity contribution in [2.24, 2.45) is 5.73 Å². The Morgan fingerprint density at radius 3 is 2.86 bits per heavy atom. The molecule has 1 aromatic carbocycles. The molecule has 4 nitrogen and oxygen atoms in total. The molecular formula is C17H26N2O2. The molecule has 1 aromatic rings. The van der Waals surface area contributed by atoms with Crippen LogP contribution in [0.5, 0.6) is 0 Å². The number of rotatable bonds is 7. The lowest BCUT2D eigenvalue weighted by atomic mass is 10.1. The average molecular weight is 290 g/mol. The fourth-order valence-electron chi connectivity index (χ4n) is 2.66. The Morgan fingerprint density at radius 2 is 2.10 bits per heavy atom. The largest absolute Gasteiger partial charge is 0.381 e. The van der Waals surface area contributed by atoms with Gasteiger partial charge in [-0.25, -0.2) is 0 Å². The van der Waals surface area contributed by atoms with E-state index in [0.717, 1.165) is 32.2 Å². The Kier molecular flexibility index (Phi) is 6.70. The van der Waals surface area contributed by atoms with Crippen LogP contribution in [0.2, 0.25) is 0 Å². The summed E-state index contributed by atoms with van der Waals surface area (Å²) >= 11 is 0. The zero-order chi connectivity index (χ0) is 14.9. The van der Waals surface area contributed by atoms with Crippen LogP contribution in [0.15, 0.2) is 30.3 Å². The predicted octanol–water partition coefficient (Wildman–Crippen LogP) is 1.98. The van der Waals surface area contributed by atoms with Gasteiger partial charge in [-0.2, -0.15) is 0 Å². The molecule has 1 heterocycles. The quantitative estimate of drug-likeness (QED) is 0.781. The summed E-state index contributed by atoms with van der Waals surface area (Å²) in [5.41, 5.74) is 7.18. The molecule has 0 spiro atoms. The zero-order valence-electron chi connectivity index (χ0n) is 12.7. The summed E-state index contributed by atoms with van der Waals surface area (Å²) in [6.07, 6.45) is 4.35. The molecule has 0 aliphatic carbocycles. The van der Waals surface area contributed by atoms with Crippen molar-refractivity contribution in [2.75, 3.05) is 26.3 Å². The summed E-state index contributed by atoms with van der Waals surface area (Å²) in [6, 6.07) is 10.5. The van der Waals surface area contributed by atoms with Crippen molar-refractivity contribution in [1.82, 2.24) is 4.90 Å². The van der Waals surface area contributed by atoms with E-state index in [9.17, 15) is 4.79 Å². The van der Waals surface area contributed by atoms with E-state index in [0.29, 0.717) is 26.2 Å². The summed E-state index contributed by atoms with van der Waals surface area (Å²) in [5, 5.41) is 0. The van der Waals surface area contributed by atoms with Gasteiger partial charge in [-0.3, -0.25) is 4.79 Å². The maximum Gasteiger partial charge on any atom is 0.222 e. The minimum atomic E-state index is 0.157. The molecule has 0 radical (unpaired) electrons. The number of hydrogen-bond acceptors (Lipinski definition) is 3. The van der Waals surface area contributed by atoms with Crippen molar-refractivity contribution in [3.8, 4) is 0 Å². The van der Waals surface area contributed by atoms with E-state index < -0.39 is 0 Å². The second-order valence-corrected chi connectivity index (χ2v) is 5.69. The van der Waals surface area contributed by atoms with Gasteiger partial charge in [0.1, 0.15) is 0 Å². The van der Waals surface area contributed by atoms with Crippen LogP contribution in [0.1, 0.15) is 31.2 Å². The molecule has 0 saturated carbocycles. The Bertz CT molecular complexity index is 422. The number of hydrogen-bond donors (Lipinski definition) is 1. The lowest BCUT2D eigenvalue weighted by Gasteiger charge is -2.30. The van der Waals surface area contributed by atoms with Gasteiger partial charge < -0.3 is 15.4 Å². The average Bonchev–Trinajstić information content (AvgIpc) is 2.51. The molecule has 1 saturated heterocycles. The zero-order valence-corrected chi connectivity index (χ0v) is 12.7. The van der Waals surface area contributed by atoms with Gasteiger partial charge in [-0.1, -0.05) is 30.3 Å². The first-order valence-corrected chi connectivity index (χ1v) is 7.91. The van der Waals surface area contributed by atoms with Crippen molar-refractivity contribution in [2.45, 2.75) is 38.1 Å². The summed E-state index contributed by atoms with van der Waals surface area (Å²) in [6.45, 7) is 2.94. The van der Waals surface area contributed by atoms with Crippen molar-refractivity contribution in [3.05, 3.63) is 35.9 Å². The molecule has 2 rings (SSSR count). The first kappa shape index (κ1) is 16.0. The molecular weight excluding hydrogens is 264 g/mol. The molecule has 1 fully saturated rings. The molecule has 21 heavy (non-hydrogen) atoms. The molecule has 1 amide bonds. The highest BCUT2D eigenvalue weighted by molar-refractivity contribution is 5.76.